The van der Waals surface area contributed by atoms with Gasteiger partial charge in [-0.2, -0.15) is 0 Å². The molecule has 94 valence electrons. The van der Waals surface area contributed by atoms with E-state index in [1.165, 1.54) is 12.1 Å². The molecule has 0 saturated heterocycles. The van der Waals surface area contributed by atoms with Crippen LogP contribution in [0.2, 0.25) is 0 Å². The first-order valence-electron chi connectivity index (χ1n) is 5.46. The standard InChI is InChI=1S/C13H17BrFNO/c1-8-5-10(7-11(15)6-8)12(17)16-13(3,4)9(2)14/h5-7,9H,1-4H3,(H,16,17). The van der Waals surface area contributed by atoms with E-state index in [-0.39, 0.29) is 16.6 Å². The van der Waals surface area contributed by atoms with Crippen molar-refractivity contribution in [3.05, 3.63) is 35.1 Å². The van der Waals surface area contributed by atoms with Crippen LogP contribution in [0.25, 0.3) is 0 Å². The predicted octanol–water partition coefficient (Wildman–Crippen LogP) is 3.43. The molecule has 0 saturated carbocycles. The van der Waals surface area contributed by atoms with Gasteiger partial charge >= 0.3 is 0 Å². The Morgan fingerprint density at radius 1 is 1.41 bits per heavy atom. The predicted molar refractivity (Wildman–Crippen MR) is 71.1 cm³/mol. The molecule has 0 heterocycles. The first-order chi connectivity index (χ1) is 7.72. The number of alkyl halides is 1. The van der Waals surface area contributed by atoms with Crippen LogP contribution in [-0.2, 0) is 0 Å². The minimum Gasteiger partial charge on any atom is -0.346 e. The molecule has 0 aliphatic carbocycles. The highest BCUT2D eigenvalue weighted by Gasteiger charge is 2.26. The molecule has 0 aliphatic heterocycles. The lowest BCUT2D eigenvalue weighted by Gasteiger charge is -2.29. The molecule has 4 heteroatoms. The van der Waals surface area contributed by atoms with Crippen LogP contribution >= 0.6 is 15.9 Å². The minimum atomic E-state index is -0.392. The molecule has 0 spiro atoms. The van der Waals surface area contributed by atoms with Gasteiger partial charge in [-0.15, -0.1) is 0 Å². The Bertz CT molecular complexity index is 409. The number of carbonyl (C=O) groups excluding carboxylic acids is 1. The Morgan fingerprint density at radius 2 is 2.00 bits per heavy atom. The van der Waals surface area contributed by atoms with E-state index in [0.717, 1.165) is 5.56 Å². The van der Waals surface area contributed by atoms with E-state index in [1.54, 1.807) is 13.0 Å². The summed E-state index contributed by atoms with van der Waals surface area (Å²) in [5, 5.41) is 2.87. The summed E-state index contributed by atoms with van der Waals surface area (Å²) in [6, 6.07) is 4.32. The summed E-state index contributed by atoms with van der Waals surface area (Å²) in [4.78, 5) is 12.1. The molecular weight excluding hydrogens is 285 g/mol. The van der Waals surface area contributed by atoms with Gasteiger partial charge < -0.3 is 5.32 Å². The van der Waals surface area contributed by atoms with Gasteiger partial charge in [-0.3, -0.25) is 4.79 Å². The Hall–Kier alpha value is -0.900. The first-order valence-corrected chi connectivity index (χ1v) is 6.38. The second kappa shape index (κ2) is 5.17. The van der Waals surface area contributed by atoms with Gasteiger partial charge in [0.2, 0.25) is 0 Å². The zero-order valence-corrected chi connectivity index (χ0v) is 12.1. The van der Waals surface area contributed by atoms with Crippen molar-refractivity contribution in [1.82, 2.24) is 5.32 Å². The van der Waals surface area contributed by atoms with Gasteiger partial charge in [0.1, 0.15) is 5.82 Å². The fraction of sp³-hybridized carbons (Fsp3) is 0.462. The number of hydrogen-bond donors (Lipinski definition) is 1. The normalized spacial score (nSPS) is 13.3. The van der Waals surface area contributed by atoms with Crippen molar-refractivity contribution in [2.75, 3.05) is 0 Å². The van der Waals surface area contributed by atoms with Crippen molar-refractivity contribution >= 4 is 21.8 Å². The molecule has 1 atom stereocenters. The maximum absolute atomic E-state index is 13.2. The Labute approximate surface area is 110 Å². The number of halogens is 2. The molecule has 0 aromatic heterocycles. The zero-order valence-electron chi connectivity index (χ0n) is 10.5. The smallest absolute Gasteiger partial charge is 0.251 e. The van der Waals surface area contributed by atoms with Gasteiger partial charge in [0.25, 0.3) is 5.91 Å². The van der Waals surface area contributed by atoms with E-state index >= 15 is 0 Å². The SMILES string of the molecule is Cc1cc(F)cc(C(=O)NC(C)(C)C(C)Br)c1. The number of nitrogens with one attached hydrogen (secondary N) is 1. The summed E-state index contributed by atoms with van der Waals surface area (Å²) < 4.78 is 13.2. The van der Waals surface area contributed by atoms with Crippen LogP contribution in [0.15, 0.2) is 18.2 Å². The van der Waals surface area contributed by atoms with Crippen LogP contribution in [0.1, 0.15) is 36.7 Å². The lowest BCUT2D eigenvalue weighted by Crippen LogP contribution is -2.48. The Balaban J connectivity index is 2.91. The zero-order chi connectivity index (χ0) is 13.2. The molecule has 0 radical (unpaired) electrons. The third kappa shape index (κ3) is 3.80. The maximum Gasteiger partial charge on any atom is 0.251 e. The van der Waals surface area contributed by atoms with Gasteiger partial charge in [-0.1, -0.05) is 22.9 Å². The maximum atomic E-state index is 13.2. The summed E-state index contributed by atoms with van der Waals surface area (Å²) in [5.74, 6) is -0.649. The summed E-state index contributed by atoms with van der Waals surface area (Å²) in [5.41, 5.74) is 0.695. The van der Waals surface area contributed by atoms with E-state index in [0.29, 0.717) is 5.56 Å². The average molecular weight is 302 g/mol. The molecule has 17 heavy (non-hydrogen) atoms. The molecule has 1 amide bonds. The van der Waals surface area contributed by atoms with E-state index in [4.69, 9.17) is 0 Å². The van der Waals surface area contributed by atoms with Crippen molar-refractivity contribution in [3.8, 4) is 0 Å². The number of carbonyl (C=O) groups is 1. The minimum absolute atomic E-state index is 0.119. The van der Waals surface area contributed by atoms with Crippen molar-refractivity contribution in [2.24, 2.45) is 0 Å². The molecule has 0 fully saturated rings. The van der Waals surface area contributed by atoms with Crippen LogP contribution in [0.3, 0.4) is 0 Å². The number of hydrogen-bond acceptors (Lipinski definition) is 1. The molecule has 2 nitrogen and oxygen atoms in total. The fourth-order valence-corrected chi connectivity index (χ4v) is 1.45. The van der Waals surface area contributed by atoms with E-state index in [1.807, 2.05) is 20.8 Å². The van der Waals surface area contributed by atoms with Crippen molar-refractivity contribution in [1.29, 1.82) is 0 Å². The molecule has 0 bridgehead atoms. The van der Waals surface area contributed by atoms with Gasteiger partial charge in [0.15, 0.2) is 0 Å². The van der Waals surface area contributed by atoms with Crippen LogP contribution in [0.4, 0.5) is 4.39 Å². The third-order valence-corrected chi connectivity index (χ3v) is 3.88. The van der Waals surface area contributed by atoms with Gasteiger partial charge in [0.05, 0.1) is 0 Å². The molecule has 1 aromatic carbocycles. The Morgan fingerprint density at radius 3 is 2.47 bits per heavy atom. The summed E-state index contributed by atoms with van der Waals surface area (Å²) in [6.07, 6.45) is 0. The quantitative estimate of drug-likeness (QED) is 0.852. The summed E-state index contributed by atoms with van der Waals surface area (Å²) in [7, 11) is 0. The molecular formula is C13H17BrFNO. The number of amides is 1. The second-order valence-electron chi connectivity index (χ2n) is 4.81. The van der Waals surface area contributed by atoms with Gasteiger partial charge in [0, 0.05) is 15.9 Å². The fourth-order valence-electron chi connectivity index (χ4n) is 1.33. The second-order valence-corrected chi connectivity index (χ2v) is 6.18. The van der Waals surface area contributed by atoms with Crippen LogP contribution in [0.5, 0.6) is 0 Å². The van der Waals surface area contributed by atoms with Crippen LogP contribution in [-0.4, -0.2) is 16.3 Å². The average Bonchev–Trinajstić information content (AvgIpc) is 2.15. The lowest BCUT2D eigenvalue weighted by atomic mass is 10.0. The molecule has 0 aliphatic rings. The van der Waals surface area contributed by atoms with Gasteiger partial charge in [-0.05, 0) is 44.5 Å². The van der Waals surface area contributed by atoms with Crippen molar-refractivity contribution < 1.29 is 9.18 Å². The monoisotopic (exact) mass is 301 g/mol. The number of rotatable bonds is 3. The van der Waals surface area contributed by atoms with E-state index in [9.17, 15) is 9.18 Å². The number of aryl methyl sites for hydroxylation is 1. The van der Waals surface area contributed by atoms with Crippen LogP contribution in [0, 0.1) is 12.7 Å². The van der Waals surface area contributed by atoms with Gasteiger partial charge in [-0.25, -0.2) is 4.39 Å². The lowest BCUT2D eigenvalue weighted by molar-refractivity contribution is 0.0913. The largest absolute Gasteiger partial charge is 0.346 e. The summed E-state index contributed by atoms with van der Waals surface area (Å²) >= 11 is 3.44. The van der Waals surface area contributed by atoms with E-state index < -0.39 is 5.54 Å². The summed E-state index contributed by atoms with van der Waals surface area (Å²) in [6.45, 7) is 7.54. The van der Waals surface area contributed by atoms with Crippen molar-refractivity contribution in [2.45, 2.75) is 38.1 Å². The molecule has 1 N–H and O–H groups in total. The highest BCUT2D eigenvalue weighted by Crippen LogP contribution is 2.18. The molecule has 1 rings (SSSR count). The first kappa shape index (κ1) is 14.2. The van der Waals surface area contributed by atoms with E-state index in [2.05, 4.69) is 21.2 Å². The molecule has 1 unspecified atom stereocenters. The highest BCUT2D eigenvalue weighted by atomic mass is 79.9. The topological polar surface area (TPSA) is 29.1 Å². The highest BCUT2D eigenvalue weighted by molar-refractivity contribution is 9.09. The Kier molecular flexibility index (Phi) is 4.31. The number of benzene rings is 1. The molecule has 1 aromatic rings. The van der Waals surface area contributed by atoms with Crippen molar-refractivity contribution in [3.63, 3.8) is 0 Å². The van der Waals surface area contributed by atoms with Crippen LogP contribution < -0.4 is 5.32 Å². The third-order valence-electron chi connectivity index (χ3n) is 2.73.